The number of aromatic nitrogens is 3. The molecular formula is C20H20N4O3. The van der Waals surface area contributed by atoms with Crippen molar-refractivity contribution in [2.24, 2.45) is 0 Å². The van der Waals surface area contributed by atoms with Crippen molar-refractivity contribution < 1.29 is 14.3 Å². The van der Waals surface area contributed by atoms with Gasteiger partial charge in [-0.25, -0.2) is 0 Å². The first kappa shape index (κ1) is 17.1. The first-order valence-corrected chi connectivity index (χ1v) is 8.79. The van der Waals surface area contributed by atoms with Gasteiger partial charge in [0.25, 0.3) is 0 Å². The maximum Gasteiger partial charge on any atom is 0.220 e. The number of amides is 1. The quantitative estimate of drug-likeness (QED) is 0.725. The predicted octanol–water partition coefficient (Wildman–Crippen LogP) is 3.31. The molecule has 1 aliphatic heterocycles. The van der Waals surface area contributed by atoms with Crippen LogP contribution in [-0.4, -0.2) is 33.2 Å². The van der Waals surface area contributed by atoms with E-state index in [0.717, 1.165) is 17.1 Å². The lowest BCUT2D eigenvalue weighted by Crippen LogP contribution is -2.49. The van der Waals surface area contributed by atoms with Crippen LogP contribution >= 0.6 is 0 Å². The maximum atomic E-state index is 11.3. The van der Waals surface area contributed by atoms with Gasteiger partial charge in [-0.15, -0.1) is 0 Å². The van der Waals surface area contributed by atoms with Crippen LogP contribution in [0.2, 0.25) is 0 Å². The summed E-state index contributed by atoms with van der Waals surface area (Å²) in [5.41, 5.74) is 1.27. The fourth-order valence-electron chi connectivity index (χ4n) is 2.92. The van der Waals surface area contributed by atoms with Crippen LogP contribution in [0.1, 0.15) is 19.8 Å². The first-order chi connectivity index (χ1) is 13.1. The smallest absolute Gasteiger partial charge is 0.220 e. The van der Waals surface area contributed by atoms with E-state index >= 15 is 0 Å². The molecule has 1 saturated heterocycles. The monoisotopic (exact) mass is 364 g/mol. The third kappa shape index (κ3) is 4.08. The summed E-state index contributed by atoms with van der Waals surface area (Å²) >= 11 is 0. The predicted molar refractivity (Wildman–Crippen MR) is 99.6 cm³/mol. The summed E-state index contributed by atoms with van der Waals surface area (Å²) < 4.78 is 11.9. The molecule has 3 heterocycles. The SMILES string of the molecule is C[C@@]1(Oc2ccc(Oc3ccc(-c4ccn[nH]4)nc3)cc2)CCC(=O)NC1. The number of hydrogen-bond acceptors (Lipinski definition) is 5. The number of ether oxygens (including phenoxy) is 2. The van der Waals surface area contributed by atoms with Crippen LogP contribution in [0.5, 0.6) is 17.2 Å². The van der Waals surface area contributed by atoms with Crippen molar-refractivity contribution in [3.8, 4) is 28.6 Å². The lowest BCUT2D eigenvalue weighted by atomic mass is 9.96. The zero-order chi connectivity index (χ0) is 18.7. The van der Waals surface area contributed by atoms with E-state index in [1.165, 1.54) is 0 Å². The summed E-state index contributed by atoms with van der Waals surface area (Å²) in [5.74, 6) is 2.16. The van der Waals surface area contributed by atoms with Crippen LogP contribution in [0.4, 0.5) is 0 Å². The molecule has 1 aromatic carbocycles. The number of nitrogens with one attached hydrogen (secondary N) is 2. The number of carbonyl (C=O) groups excluding carboxylic acids is 1. The lowest BCUT2D eigenvalue weighted by molar-refractivity contribution is -0.125. The minimum absolute atomic E-state index is 0.0759. The third-order valence-electron chi connectivity index (χ3n) is 4.48. The molecule has 7 nitrogen and oxygen atoms in total. The number of aromatic amines is 1. The second-order valence-corrected chi connectivity index (χ2v) is 6.75. The summed E-state index contributed by atoms with van der Waals surface area (Å²) in [6, 6.07) is 13.0. The highest BCUT2D eigenvalue weighted by Gasteiger charge is 2.31. The van der Waals surface area contributed by atoms with E-state index < -0.39 is 0 Å². The highest BCUT2D eigenvalue weighted by molar-refractivity contribution is 5.77. The van der Waals surface area contributed by atoms with Gasteiger partial charge in [-0.1, -0.05) is 0 Å². The van der Waals surface area contributed by atoms with Crippen LogP contribution in [-0.2, 0) is 4.79 Å². The zero-order valence-corrected chi connectivity index (χ0v) is 14.9. The Morgan fingerprint density at radius 3 is 2.44 bits per heavy atom. The van der Waals surface area contributed by atoms with Crippen molar-refractivity contribution >= 4 is 5.91 Å². The molecule has 0 aliphatic carbocycles. The van der Waals surface area contributed by atoms with Gasteiger partial charge in [-0.3, -0.25) is 14.9 Å². The van der Waals surface area contributed by atoms with Crippen molar-refractivity contribution in [3.05, 3.63) is 54.9 Å². The van der Waals surface area contributed by atoms with Gasteiger partial charge < -0.3 is 14.8 Å². The molecule has 4 rings (SSSR count). The van der Waals surface area contributed by atoms with Crippen molar-refractivity contribution in [2.75, 3.05) is 6.54 Å². The zero-order valence-electron chi connectivity index (χ0n) is 14.9. The molecule has 0 unspecified atom stereocenters. The fourth-order valence-corrected chi connectivity index (χ4v) is 2.92. The second kappa shape index (κ2) is 7.11. The third-order valence-corrected chi connectivity index (χ3v) is 4.48. The fraction of sp³-hybridized carbons (Fsp3) is 0.250. The van der Waals surface area contributed by atoms with Crippen LogP contribution in [0.25, 0.3) is 11.4 Å². The summed E-state index contributed by atoms with van der Waals surface area (Å²) in [5, 5.41) is 9.65. The lowest BCUT2D eigenvalue weighted by Gasteiger charge is -2.34. The van der Waals surface area contributed by atoms with E-state index in [4.69, 9.17) is 9.47 Å². The molecule has 7 heteroatoms. The molecular weight excluding hydrogens is 344 g/mol. The number of carbonyl (C=O) groups is 1. The van der Waals surface area contributed by atoms with E-state index in [2.05, 4.69) is 20.5 Å². The summed E-state index contributed by atoms with van der Waals surface area (Å²) in [4.78, 5) is 15.7. The largest absolute Gasteiger partial charge is 0.486 e. The molecule has 2 N–H and O–H groups in total. The van der Waals surface area contributed by atoms with Gasteiger partial charge in [0.1, 0.15) is 22.8 Å². The van der Waals surface area contributed by atoms with Crippen LogP contribution in [0, 0.1) is 0 Å². The van der Waals surface area contributed by atoms with E-state index in [-0.39, 0.29) is 11.5 Å². The molecule has 1 fully saturated rings. The van der Waals surface area contributed by atoms with E-state index in [1.54, 1.807) is 12.4 Å². The minimum atomic E-state index is -0.386. The van der Waals surface area contributed by atoms with Crippen molar-refractivity contribution in [2.45, 2.75) is 25.4 Å². The number of piperidine rings is 1. The number of H-pyrrole nitrogens is 1. The Labute approximate surface area is 156 Å². The Bertz CT molecular complexity index is 895. The number of rotatable bonds is 5. The summed E-state index contributed by atoms with van der Waals surface area (Å²) in [6.45, 7) is 2.52. The Morgan fingerprint density at radius 2 is 1.81 bits per heavy atom. The minimum Gasteiger partial charge on any atom is -0.486 e. The van der Waals surface area contributed by atoms with Gasteiger partial charge in [0, 0.05) is 12.6 Å². The molecule has 1 amide bonds. The average molecular weight is 364 g/mol. The van der Waals surface area contributed by atoms with Gasteiger partial charge in [-0.2, -0.15) is 5.10 Å². The normalized spacial score (nSPS) is 19.4. The van der Waals surface area contributed by atoms with Crippen molar-refractivity contribution in [1.82, 2.24) is 20.5 Å². The number of nitrogens with zero attached hydrogens (tertiary/aromatic N) is 2. The van der Waals surface area contributed by atoms with E-state index in [0.29, 0.717) is 30.9 Å². The standard InChI is InChI=1S/C20H20N4O3/c1-20(10-8-19(25)22-13-20)27-15-4-2-14(3-5-15)26-16-6-7-17(21-12-16)18-9-11-23-24-18/h2-7,9,11-12H,8,10,13H2,1H3,(H,22,25)(H,23,24)/t20-/m1/s1. The van der Waals surface area contributed by atoms with Crippen LogP contribution in [0.3, 0.4) is 0 Å². The molecule has 1 atom stereocenters. The summed E-state index contributed by atoms with van der Waals surface area (Å²) in [6.07, 6.45) is 4.55. The Hall–Kier alpha value is -3.35. The maximum absolute atomic E-state index is 11.3. The van der Waals surface area contributed by atoms with Gasteiger partial charge in [0.2, 0.25) is 5.91 Å². The average Bonchev–Trinajstić information content (AvgIpc) is 3.21. The highest BCUT2D eigenvalue weighted by Crippen LogP contribution is 2.28. The van der Waals surface area contributed by atoms with Gasteiger partial charge in [-0.05, 0) is 55.8 Å². The molecule has 27 heavy (non-hydrogen) atoms. The van der Waals surface area contributed by atoms with Gasteiger partial charge >= 0.3 is 0 Å². The first-order valence-electron chi connectivity index (χ1n) is 8.79. The number of pyridine rings is 1. The molecule has 1 aliphatic rings. The van der Waals surface area contributed by atoms with Crippen molar-refractivity contribution in [3.63, 3.8) is 0 Å². The number of hydrogen-bond donors (Lipinski definition) is 2. The number of benzene rings is 1. The summed E-state index contributed by atoms with van der Waals surface area (Å²) in [7, 11) is 0. The molecule has 0 spiro atoms. The van der Waals surface area contributed by atoms with Crippen molar-refractivity contribution in [1.29, 1.82) is 0 Å². The van der Waals surface area contributed by atoms with E-state index in [9.17, 15) is 4.79 Å². The Morgan fingerprint density at radius 1 is 1.04 bits per heavy atom. The van der Waals surface area contributed by atoms with Crippen LogP contribution in [0.15, 0.2) is 54.9 Å². The molecule has 2 aromatic heterocycles. The highest BCUT2D eigenvalue weighted by atomic mass is 16.5. The molecule has 138 valence electrons. The van der Waals surface area contributed by atoms with Gasteiger partial charge in [0.15, 0.2) is 0 Å². The molecule has 0 bridgehead atoms. The van der Waals surface area contributed by atoms with Crippen LogP contribution < -0.4 is 14.8 Å². The second-order valence-electron chi connectivity index (χ2n) is 6.75. The molecule has 0 radical (unpaired) electrons. The Kier molecular flexibility index (Phi) is 4.50. The topological polar surface area (TPSA) is 89.1 Å². The molecule has 0 saturated carbocycles. The molecule has 3 aromatic rings. The Balaban J connectivity index is 1.38. The van der Waals surface area contributed by atoms with E-state index in [1.807, 2.05) is 49.4 Å². The van der Waals surface area contributed by atoms with Gasteiger partial charge in [0.05, 0.1) is 24.1 Å².